The minimum Gasteiger partial charge on any atom is -0.492 e. The molecule has 0 aliphatic heterocycles. The second-order valence-electron chi connectivity index (χ2n) is 13.3. The maximum absolute atomic E-state index is 13.3. The molecule has 1 heterocycles. The van der Waals surface area contributed by atoms with Gasteiger partial charge in [0.15, 0.2) is 19.9 Å². The maximum atomic E-state index is 13.3. The summed E-state index contributed by atoms with van der Waals surface area (Å²) in [5.41, 5.74) is 15.4. The van der Waals surface area contributed by atoms with Crippen LogP contribution in [0.1, 0.15) is 52.7 Å². The molecule has 55 heavy (non-hydrogen) atoms. The first-order chi connectivity index (χ1) is 25.4. The third kappa shape index (κ3) is 16.6. The summed E-state index contributed by atoms with van der Waals surface area (Å²) >= 11 is 0. The van der Waals surface area contributed by atoms with Crippen molar-refractivity contribution >= 4 is 179 Å². The number of hydrogen-bond donors (Lipinski definition) is 2. The van der Waals surface area contributed by atoms with Crippen LogP contribution in [0.15, 0.2) is 42.5 Å². The largest absolute Gasteiger partial charge is 0.492 e. The third-order valence-electron chi connectivity index (χ3n) is 8.35. The number of nitrogens with zero attached hydrogens (tertiary/aromatic N) is 2. The van der Waals surface area contributed by atoms with Crippen LogP contribution in [-0.4, -0.2) is 36.9 Å². The van der Waals surface area contributed by atoms with Crippen molar-refractivity contribution in [2.45, 2.75) is 51.9 Å². The predicted molar refractivity (Wildman–Crippen MR) is 305 cm³/mol. The number of amides is 1. The van der Waals surface area contributed by atoms with Crippen molar-refractivity contribution in [3.63, 3.8) is 0 Å². The monoisotopic (exact) mass is 1120 g/mol. The van der Waals surface area contributed by atoms with Gasteiger partial charge in [-0.3, -0.25) is 14.3 Å². The lowest BCUT2D eigenvalue weighted by Gasteiger charge is -2.44. The van der Waals surface area contributed by atoms with E-state index in [1.54, 1.807) is 19.2 Å². The van der Waals surface area contributed by atoms with Crippen molar-refractivity contribution in [2.24, 2.45) is 12.8 Å². The van der Waals surface area contributed by atoms with Crippen LogP contribution < -0.4 is 16.2 Å². The number of ketones is 1. The second kappa shape index (κ2) is 26.0. The highest BCUT2D eigenvalue weighted by molar-refractivity contribution is 9.34. The maximum Gasteiger partial charge on any atom is 0.248 e. The van der Waals surface area contributed by atoms with E-state index in [1.807, 2.05) is 24.3 Å². The molecule has 28 heteroatoms. The molecular weight excluding hydrogens is 1060 g/mol. The fourth-order valence-electron chi connectivity index (χ4n) is 4.51. The molecule has 12 atom stereocenters. The molecule has 0 radical (unpaired) electrons. The zero-order valence-corrected chi connectivity index (χ0v) is 52.7. The highest BCUT2D eigenvalue weighted by Gasteiger charge is 2.40. The summed E-state index contributed by atoms with van der Waals surface area (Å²) in [5.74, 6) is -0.430. The summed E-state index contributed by atoms with van der Waals surface area (Å²) in [7, 11) is 33.8. The van der Waals surface area contributed by atoms with Gasteiger partial charge in [-0.15, -0.1) is 89.3 Å². The van der Waals surface area contributed by atoms with Crippen LogP contribution >= 0.6 is 153 Å². The Morgan fingerprint density at radius 2 is 1.38 bits per heavy atom. The van der Waals surface area contributed by atoms with E-state index in [1.165, 1.54) is 17.9 Å². The zero-order chi connectivity index (χ0) is 42.2. The van der Waals surface area contributed by atoms with Crippen molar-refractivity contribution in [3.8, 4) is 17.0 Å². The molecule has 0 bridgehead atoms. The topological polar surface area (TPSA) is 122 Å². The Morgan fingerprint density at radius 1 is 0.873 bits per heavy atom. The molecule has 0 aliphatic rings. The number of hydrogen-bond acceptors (Lipinski definition) is 6. The first-order valence-corrected chi connectivity index (χ1v) is 52.8. The highest BCUT2D eigenvalue weighted by Crippen LogP contribution is 3.28. The molecule has 0 aliphatic carbocycles. The molecule has 0 saturated carbocycles. The van der Waals surface area contributed by atoms with E-state index in [0.717, 1.165) is 19.1 Å². The minimum atomic E-state index is -1.85. The fraction of sp³-hybridized carbons (Fsp3) is 0.370. The first kappa shape index (κ1) is 55.9. The molecule has 1 aromatic heterocycles. The molecule has 8 nitrogen and oxygen atoms in total. The Bertz CT molecular complexity index is 1690. The van der Waals surface area contributed by atoms with E-state index in [4.69, 9.17) is 20.6 Å². The summed E-state index contributed by atoms with van der Waals surface area (Å²) < 4.78 is 13.5. The average molecular weight is 1120 g/mol. The van der Waals surface area contributed by atoms with Gasteiger partial charge in [-0.2, -0.15) is 5.10 Å². The van der Waals surface area contributed by atoms with Gasteiger partial charge in [-0.05, 0) is 103 Å². The van der Waals surface area contributed by atoms with E-state index in [0.29, 0.717) is 40.6 Å². The molecule has 1 amide bonds. The lowest BCUT2D eigenvalue weighted by Crippen LogP contribution is -2.40. The molecule has 0 fully saturated rings. The molecule has 3 rings (SSSR count). The second-order valence-corrected chi connectivity index (χ2v) is 90.9. The quantitative estimate of drug-likeness (QED) is 0.0601. The van der Waals surface area contributed by atoms with Crippen LogP contribution in [0.5, 0.6) is 5.75 Å². The van der Waals surface area contributed by atoms with Crippen molar-refractivity contribution < 1.29 is 18.8 Å². The third-order valence-corrected chi connectivity index (χ3v) is 131. The highest BCUT2D eigenvalue weighted by atomic mass is 33.4. The Balaban J connectivity index is 0.000000467. The molecule has 308 valence electrons. The standard InChI is InChI=1S/C27H36N4O4Si.H21P19/c1-27(2,3)36(6,7)35-16-17-8-10-18(11-9-17)23-25(34-5)24(31(4)30-23)22(32)15-20-14-19(26(29)33)12-13-21(20)28;1-11-16(10)19(17(12(2)3)13(4)5)18(14(6)7)15(8)9/h8-14H,15-16,28H2,1-7H3,(H2,29,33);11H,1-10H2. The van der Waals surface area contributed by atoms with Crippen LogP contribution in [0, 0.1) is 0 Å². The lowest BCUT2D eigenvalue weighted by molar-refractivity contribution is 0.0975. The summed E-state index contributed by atoms with van der Waals surface area (Å²) in [6.07, 6.45) is -0.0218. The van der Waals surface area contributed by atoms with Crippen LogP contribution in [0.2, 0.25) is 18.1 Å². The molecule has 3 aromatic rings. The zero-order valence-electron chi connectivity index (χ0n) is 32.0. The van der Waals surface area contributed by atoms with Crippen molar-refractivity contribution in [3.05, 3.63) is 64.8 Å². The van der Waals surface area contributed by atoms with Gasteiger partial charge in [0.1, 0.15) is 11.4 Å². The smallest absolute Gasteiger partial charge is 0.248 e. The van der Waals surface area contributed by atoms with Gasteiger partial charge in [-0.1, -0.05) is 53.0 Å². The Morgan fingerprint density at radius 3 is 1.80 bits per heavy atom. The van der Waals surface area contributed by atoms with Crippen molar-refractivity contribution in [2.75, 3.05) is 12.8 Å². The number of benzene rings is 2. The van der Waals surface area contributed by atoms with Crippen LogP contribution in [0.4, 0.5) is 5.69 Å². The summed E-state index contributed by atoms with van der Waals surface area (Å²) in [5, 5.41) is 4.71. The SMILES string of the molecule is COc1c(-c2ccc(CO[Si](C)(C)C(C)(C)C)cc2)nn(C)c1C(=O)Cc1cc(C(N)=O)ccc1N.PPP(P)P(P(P(P)P)P(P)P)P(P(P)P)P(P)P. The van der Waals surface area contributed by atoms with Crippen LogP contribution in [0.3, 0.4) is 0 Å². The van der Waals surface area contributed by atoms with Crippen LogP contribution in [-0.2, 0) is 24.5 Å². The van der Waals surface area contributed by atoms with Gasteiger partial charge in [0.25, 0.3) is 0 Å². The van der Waals surface area contributed by atoms with E-state index in [-0.39, 0.29) is 73.1 Å². The number of primary amides is 1. The van der Waals surface area contributed by atoms with E-state index in [9.17, 15) is 9.59 Å². The molecule has 0 saturated heterocycles. The molecular formula is C27H57N4O4P19Si. The summed E-state index contributed by atoms with van der Waals surface area (Å²) in [6.45, 7) is 12.5. The Labute approximate surface area is 364 Å². The molecule has 4 N–H and O–H groups in total. The Kier molecular flexibility index (Phi) is 26.4. The number of nitrogen functional groups attached to an aromatic ring is 1. The number of rotatable bonds is 17. The predicted octanol–water partition coefficient (Wildman–Crippen LogP) is 15.5. The van der Waals surface area contributed by atoms with Crippen LogP contribution in [0.25, 0.3) is 11.3 Å². The Hall–Kier alpha value is 4.74. The van der Waals surface area contributed by atoms with Gasteiger partial charge in [0.2, 0.25) is 5.91 Å². The number of aromatic nitrogens is 2. The first-order valence-electron chi connectivity index (χ1n) is 16.0. The number of nitrogens with two attached hydrogens (primary N) is 2. The number of Topliss-reactive ketones (excluding diaryl/α,β-unsaturated/α-hetero) is 1. The van der Waals surface area contributed by atoms with Gasteiger partial charge in [-0.25, -0.2) is 0 Å². The fourth-order valence-corrected chi connectivity index (χ4v) is 224. The summed E-state index contributed by atoms with van der Waals surface area (Å²) in [4.78, 5) is 24.8. The lowest BCUT2D eigenvalue weighted by atomic mass is 10.0. The number of aryl methyl sites for hydroxylation is 1. The van der Waals surface area contributed by atoms with Crippen molar-refractivity contribution in [1.82, 2.24) is 9.78 Å². The van der Waals surface area contributed by atoms with E-state index >= 15 is 0 Å². The van der Waals surface area contributed by atoms with E-state index < -0.39 is 14.2 Å². The molecule has 12 unspecified atom stereocenters. The van der Waals surface area contributed by atoms with Gasteiger partial charge in [0.05, 0.1) is 13.7 Å². The van der Waals surface area contributed by atoms with Gasteiger partial charge >= 0.3 is 0 Å². The number of anilines is 1. The number of methoxy groups -OCH3 is 1. The molecule has 0 spiro atoms. The summed E-state index contributed by atoms with van der Waals surface area (Å²) in [6, 6.07) is 12.6. The minimum absolute atomic E-state index is 0.0218. The number of carbonyl (C=O) groups is 2. The average Bonchev–Trinajstić information content (AvgIpc) is 3.42. The van der Waals surface area contributed by atoms with Gasteiger partial charge < -0.3 is 20.6 Å². The number of ether oxygens (including phenoxy) is 1. The van der Waals surface area contributed by atoms with Crippen molar-refractivity contribution in [1.29, 1.82) is 0 Å². The molecule has 2 aromatic carbocycles. The van der Waals surface area contributed by atoms with E-state index in [2.05, 4.69) is 128 Å². The van der Waals surface area contributed by atoms with Gasteiger partial charge in [0, 0.05) is 30.3 Å². The normalized spacial score (nSPS) is 13.2. The number of carbonyl (C=O) groups excluding carboxylic acids is 2.